The monoisotopic (exact) mass is 466 g/mol. The molecule has 1 N–H and O–H groups in total. The van der Waals surface area contributed by atoms with Gasteiger partial charge in [0.1, 0.15) is 18.1 Å². The van der Waals surface area contributed by atoms with Gasteiger partial charge in [-0.05, 0) is 30.7 Å². The topological polar surface area (TPSA) is 88.5 Å². The van der Waals surface area contributed by atoms with Crippen molar-refractivity contribution in [3.63, 3.8) is 0 Å². The Morgan fingerprint density at radius 3 is 2.68 bits per heavy atom. The average molecular weight is 467 g/mol. The summed E-state index contributed by atoms with van der Waals surface area (Å²) in [5.41, 5.74) is 1.87. The quantitative estimate of drug-likeness (QED) is 0.378. The molecule has 4 rings (SSSR count). The fraction of sp³-hybridized carbons (Fsp3) is 0.385. The molecule has 1 saturated heterocycles. The third-order valence-corrected chi connectivity index (χ3v) is 6.35. The van der Waals surface area contributed by atoms with Crippen LogP contribution in [0.3, 0.4) is 0 Å². The van der Waals surface area contributed by atoms with E-state index in [4.69, 9.17) is 14.2 Å². The highest BCUT2D eigenvalue weighted by atomic mass is 16.5. The number of amides is 1. The molecule has 0 saturated carbocycles. The number of ether oxygens (including phenoxy) is 3. The van der Waals surface area contributed by atoms with Gasteiger partial charge in [0.25, 0.3) is 11.7 Å². The van der Waals surface area contributed by atoms with E-state index >= 15 is 0 Å². The lowest BCUT2D eigenvalue weighted by Crippen LogP contribution is -2.30. The van der Waals surface area contributed by atoms with Crippen LogP contribution in [0.15, 0.2) is 42.0 Å². The van der Waals surface area contributed by atoms with Crippen LogP contribution >= 0.6 is 0 Å². The van der Waals surface area contributed by atoms with Crippen molar-refractivity contribution in [1.82, 2.24) is 4.90 Å². The van der Waals surface area contributed by atoms with Crippen molar-refractivity contribution in [2.45, 2.75) is 25.8 Å². The summed E-state index contributed by atoms with van der Waals surface area (Å²) >= 11 is 0. The molecule has 2 aliphatic heterocycles. The van der Waals surface area contributed by atoms with Gasteiger partial charge in [0.05, 0.1) is 38.1 Å². The van der Waals surface area contributed by atoms with Crippen LogP contribution in [0, 0.1) is 0 Å². The Kier molecular flexibility index (Phi) is 6.68. The number of unbranched alkanes of at least 4 members (excludes halogenated alkanes) is 1. The Morgan fingerprint density at radius 1 is 1.18 bits per heavy atom. The highest BCUT2D eigenvalue weighted by molar-refractivity contribution is 6.46. The number of Topliss-reactive ketones (excluding diaryl/α,β-unsaturated/α-hetero) is 1. The molecule has 34 heavy (non-hydrogen) atoms. The Labute approximate surface area is 199 Å². The van der Waals surface area contributed by atoms with Crippen LogP contribution in [0.1, 0.15) is 36.9 Å². The fourth-order valence-corrected chi connectivity index (χ4v) is 4.54. The van der Waals surface area contributed by atoms with E-state index in [1.165, 1.54) is 19.1 Å². The maximum Gasteiger partial charge on any atom is 0.295 e. The predicted octanol–water partition coefficient (Wildman–Crippen LogP) is 3.75. The molecular weight excluding hydrogens is 436 g/mol. The first kappa shape index (κ1) is 23.5. The molecule has 8 nitrogen and oxygen atoms in total. The van der Waals surface area contributed by atoms with E-state index in [2.05, 4.69) is 0 Å². The fourth-order valence-electron chi connectivity index (χ4n) is 4.54. The normalized spacial score (nSPS) is 19.1. The average Bonchev–Trinajstić information content (AvgIpc) is 3.11. The van der Waals surface area contributed by atoms with E-state index in [-0.39, 0.29) is 11.3 Å². The lowest BCUT2D eigenvalue weighted by Gasteiger charge is -2.28. The van der Waals surface area contributed by atoms with Crippen molar-refractivity contribution in [3.05, 3.63) is 53.1 Å². The summed E-state index contributed by atoms with van der Waals surface area (Å²) in [4.78, 5) is 29.9. The molecule has 180 valence electrons. The number of aliphatic hydroxyl groups excluding tert-OH is 1. The van der Waals surface area contributed by atoms with Crippen molar-refractivity contribution in [3.8, 4) is 17.2 Å². The van der Waals surface area contributed by atoms with E-state index < -0.39 is 17.7 Å². The molecule has 1 atom stereocenters. The first-order chi connectivity index (χ1) is 16.4. The number of para-hydroxylation sites is 1. The number of anilines is 1. The molecule has 0 aliphatic carbocycles. The van der Waals surface area contributed by atoms with E-state index in [1.54, 1.807) is 36.4 Å². The van der Waals surface area contributed by atoms with E-state index in [9.17, 15) is 14.7 Å². The van der Waals surface area contributed by atoms with Crippen molar-refractivity contribution in [1.29, 1.82) is 0 Å². The van der Waals surface area contributed by atoms with E-state index in [0.29, 0.717) is 48.1 Å². The van der Waals surface area contributed by atoms with Gasteiger partial charge in [-0.3, -0.25) is 9.59 Å². The summed E-state index contributed by atoms with van der Waals surface area (Å²) in [6, 6.07) is 9.77. The van der Waals surface area contributed by atoms with Crippen LogP contribution in [0.5, 0.6) is 17.2 Å². The molecule has 1 amide bonds. The molecule has 2 aromatic rings. The van der Waals surface area contributed by atoms with Crippen LogP contribution in [0.25, 0.3) is 5.76 Å². The van der Waals surface area contributed by atoms with Gasteiger partial charge in [-0.2, -0.15) is 0 Å². The number of hydrogen-bond acceptors (Lipinski definition) is 7. The summed E-state index contributed by atoms with van der Waals surface area (Å²) < 4.78 is 16.8. The first-order valence-electron chi connectivity index (χ1n) is 11.4. The van der Waals surface area contributed by atoms with Gasteiger partial charge in [0.2, 0.25) is 0 Å². The summed E-state index contributed by atoms with van der Waals surface area (Å²) in [7, 11) is 4.98. The van der Waals surface area contributed by atoms with Crippen LogP contribution in [0.2, 0.25) is 0 Å². The van der Waals surface area contributed by atoms with Gasteiger partial charge in [-0.15, -0.1) is 0 Å². The Morgan fingerprint density at radius 2 is 1.97 bits per heavy atom. The number of nitrogens with zero attached hydrogens (tertiary/aromatic N) is 2. The zero-order valence-corrected chi connectivity index (χ0v) is 20.0. The molecular formula is C26H30N2O6. The van der Waals surface area contributed by atoms with Gasteiger partial charge in [0.15, 0.2) is 11.5 Å². The van der Waals surface area contributed by atoms with Crippen LogP contribution in [-0.4, -0.2) is 62.7 Å². The number of carbonyl (C=O) groups excluding carboxylic acids is 2. The van der Waals surface area contributed by atoms with Gasteiger partial charge in [-0.25, -0.2) is 0 Å². The Hall–Kier alpha value is -3.68. The van der Waals surface area contributed by atoms with Gasteiger partial charge >= 0.3 is 0 Å². The van der Waals surface area contributed by atoms with Gasteiger partial charge in [-0.1, -0.05) is 25.5 Å². The lowest BCUT2D eigenvalue weighted by atomic mass is 9.94. The first-order valence-corrected chi connectivity index (χ1v) is 11.4. The highest BCUT2D eigenvalue weighted by Crippen LogP contribution is 2.46. The molecule has 2 heterocycles. The van der Waals surface area contributed by atoms with Crippen molar-refractivity contribution < 1.29 is 28.9 Å². The number of likely N-dealkylation sites (tertiary alicyclic amines) is 1. The molecule has 8 heteroatoms. The number of carbonyl (C=O) groups is 2. The van der Waals surface area contributed by atoms with Crippen molar-refractivity contribution in [2.75, 3.05) is 45.9 Å². The molecule has 0 spiro atoms. The summed E-state index contributed by atoms with van der Waals surface area (Å²) in [6.45, 7) is 3.68. The largest absolute Gasteiger partial charge is 0.507 e. The summed E-state index contributed by atoms with van der Waals surface area (Å²) in [6.07, 6.45) is 1.57. The maximum atomic E-state index is 13.3. The molecule has 2 aromatic carbocycles. The van der Waals surface area contributed by atoms with Crippen LogP contribution in [0.4, 0.5) is 5.69 Å². The number of ketones is 1. The lowest BCUT2D eigenvalue weighted by molar-refractivity contribution is -0.139. The minimum absolute atomic E-state index is 0.0342. The number of likely N-dealkylation sites (N-methyl/N-ethyl adjacent to an activating group) is 1. The Balaban J connectivity index is 1.91. The summed E-state index contributed by atoms with van der Waals surface area (Å²) in [5, 5.41) is 11.4. The zero-order chi connectivity index (χ0) is 24.4. The van der Waals surface area contributed by atoms with Gasteiger partial charge in [0, 0.05) is 24.7 Å². The second-order valence-corrected chi connectivity index (χ2v) is 8.38. The minimum atomic E-state index is -0.804. The number of methoxy groups -OCH3 is 2. The van der Waals surface area contributed by atoms with Crippen LogP contribution in [-0.2, 0) is 9.59 Å². The third kappa shape index (κ3) is 3.93. The molecule has 2 aliphatic rings. The molecule has 1 fully saturated rings. The number of aliphatic hydroxyl groups is 1. The van der Waals surface area contributed by atoms with Crippen LogP contribution < -0.4 is 19.1 Å². The van der Waals surface area contributed by atoms with E-state index in [1.807, 2.05) is 18.9 Å². The second-order valence-electron chi connectivity index (χ2n) is 8.38. The number of rotatable bonds is 7. The number of fused-ring (bicyclic) bond motifs is 1. The minimum Gasteiger partial charge on any atom is -0.507 e. The van der Waals surface area contributed by atoms with Crippen molar-refractivity contribution >= 4 is 23.1 Å². The highest BCUT2D eigenvalue weighted by Gasteiger charge is 2.47. The molecule has 0 bridgehead atoms. The molecule has 0 aromatic heterocycles. The Bertz CT molecular complexity index is 1140. The van der Waals surface area contributed by atoms with E-state index in [0.717, 1.165) is 18.5 Å². The SMILES string of the molecule is CCCCN1C(=O)C(=O)/C(=C(/O)c2ccc3c(c2)N(C)CCO3)C1c1cccc(OC)c1OC. The number of benzene rings is 2. The molecule has 0 radical (unpaired) electrons. The van der Waals surface area contributed by atoms with Crippen molar-refractivity contribution in [2.24, 2.45) is 0 Å². The standard InChI is InChI=1S/C26H30N2O6/c1-5-6-12-28-22(17-8-7-9-20(32-3)25(17)33-4)21(24(30)26(28)31)23(29)16-10-11-19-18(15-16)27(2)13-14-34-19/h7-11,15,22,29H,5-6,12-14H2,1-4H3/b23-21+. The maximum absolute atomic E-state index is 13.3. The third-order valence-electron chi connectivity index (χ3n) is 6.35. The molecule has 1 unspecified atom stereocenters. The smallest absolute Gasteiger partial charge is 0.295 e. The number of hydrogen-bond donors (Lipinski definition) is 1. The zero-order valence-electron chi connectivity index (χ0n) is 20.0. The summed E-state index contributed by atoms with van der Waals surface area (Å²) in [5.74, 6) is 0.0271. The predicted molar refractivity (Wildman–Crippen MR) is 129 cm³/mol. The van der Waals surface area contributed by atoms with Gasteiger partial charge < -0.3 is 29.1 Å². The second kappa shape index (κ2) is 9.67.